The number of urea groups is 1. The van der Waals surface area contributed by atoms with Gasteiger partial charge >= 0.3 is 6.03 Å². The smallest absolute Gasteiger partial charge is 0.321 e. The highest BCUT2D eigenvalue weighted by Gasteiger charge is 2.08. The summed E-state index contributed by atoms with van der Waals surface area (Å²) in [6.45, 7) is 4.15. The van der Waals surface area contributed by atoms with Gasteiger partial charge in [0.2, 0.25) is 5.88 Å². The molecule has 2 aromatic rings. The van der Waals surface area contributed by atoms with Crippen molar-refractivity contribution in [2.45, 2.75) is 6.61 Å². The molecule has 0 aliphatic rings. The molecule has 0 atom stereocenters. The van der Waals surface area contributed by atoms with Gasteiger partial charge in [0.05, 0.1) is 0 Å². The minimum Gasteiger partial charge on any atom is -0.472 e. The fourth-order valence-electron chi connectivity index (χ4n) is 1.51. The molecule has 0 saturated heterocycles. The van der Waals surface area contributed by atoms with E-state index in [0.29, 0.717) is 17.5 Å². The van der Waals surface area contributed by atoms with Crippen molar-refractivity contribution in [1.82, 2.24) is 9.27 Å². The standard InChI is InChI=1S/C15H17N3O2S/c1-4-11-5-7-12(8-6-11)10-20-13-9-14(21-17-13)16-15(19)18(2)3/h4-9H,1,10H2,2-3H3,(H,16,19). The van der Waals surface area contributed by atoms with Gasteiger partial charge in [-0.2, -0.15) is 4.37 Å². The third-order valence-corrected chi connectivity index (χ3v) is 3.41. The van der Waals surface area contributed by atoms with Gasteiger partial charge in [0.1, 0.15) is 11.6 Å². The Labute approximate surface area is 128 Å². The molecule has 0 radical (unpaired) electrons. The molecule has 0 aliphatic heterocycles. The summed E-state index contributed by atoms with van der Waals surface area (Å²) in [6.07, 6.45) is 1.80. The number of aromatic nitrogens is 1. The van der Waals surface area contributed by atoms with Gasteiger partial charge in [0.15, 0.2) is 0 Å². The summed E-state index contributed by atoms with van der Waals surface area (Å²) in [7, 11) is 3.36. The van der Waals surface area contributed by atoms with Crippen LogP contribution in [0.2, 0.25) is 0 Å². The van der Waals surface area contributed by atoms with Crippen LogP contribution in [0.5, 0.6) is 5.88 Å². The highest BCUT2D eigenvalue weighted by molar-refractivity contribution is 7.10. The normalized spacial score (nSPS) is 10.0. The van der Waals surface area contributed by atoms with Crippen LogP contribution in [0.25, 0.3) is 6.08 Å². The maximum Gasteiger partial charge on any atom is 0.321 e. The molecule has 110 valence electrons. The Kier molecular flexibility index (Phi) is 4.94. The number of nitrogens with zero attached hydrogens (tertiary/aromatic N) is 2. The van der Waals surface area contributed by atoms with Crippen LogP contribution < -0.4 is 10.1 Å². The summed E-state index contributed by atoms with van der Waals surface area (Å²) in [4.78, 5) is 13.0. The summed E-state index contributed by atoms with van der Waals surface area (Å²) in [5.74, 6) is 0.502. The van der Waals surface area contributed by atoms with Crippen LogP contribution in [0.1, 0.15) is 11.1 Å². The van der Waals surface area contributed by atoms with E-state index < -0.39 is 0 Å². The Morgan fingerprint density at radius 1 is 1.43 bits per heavy atom. The molecule has 0 spiro atoms. The number of carbonyl (C=O) groups is 1. The van der Waals surface area contributed by atoms with Crippen LogP contribution >= 0.6 is 11.5 Å². The minimum atomic E-state index is -0.190. The van der Waals surface area contributed by atoms with Crippen molar-refractivity contribution in [2.75, 3.05) is 19.4 Å². The summed E-state index contributed by atoms with van der Waals surface area (Å²) in [5, 5.41) is 3.38. The average molecular weight is 303 g/mol. The molecule has 0 fully saturated rings. The summed E-state index contributed by atoms with van der Waals surface area (Å²) >= 11 is 1.19. The number of anilines is 1. The third kappa shape index (κ3) is 4.32. The van der Waals surface area contributed by atoms with E-state index in [0.717, 1.165) is 11.1 Å². The van der Waals surface area contributed by atoms with Gasteiger partial charge in [-0.1, -0.05) is 36.9 Å². The minimum absolute atomic E-state index is 0.190. The molecule has 2 rings (SSSR count). The SMILES string of the molecule is C=Cc1ccc(COc2cc(NC(=O)N(C)C)sn2)cc1. The van der Waals surface area contributed by atoms with Crippen LogP contribution in [0.4, 0.5) is 9.80 Å². The maximum atomic E-state index is 11.5. The molecule has 1 N–H and O–H groups in total. The second-order valence-electron chi connectivity index (χ2n) is 4.59. The Bertz CT molecular complexity index is 620. The Hall–Kier alpha value is -2.34. The molecule has 1 heterocycles. The van der Waals surface area contributed by atoms with Gasteiger partial charge in [-0.15, -0.1) is 0 Å². The molecule has 0 aliphatic carbocycles. The Morgan fingerprint density at radius 2 is 2.14 bits per heavy atom. The first-order valence-corrected chi connectivity index (χ1v) is 7.15. The number of hydrogen-bond acceptors (Lipinski definition) is 4. The molecular weight excluding hydrogens is 286 g/mol. The van der Waals surface area contributed by atoms with Crippen molar-refractivity contribution in [3.63, 3.8) is 0 Å². The second-order valence-corrected chi connectivity index (χ2v) is 5.39. The lowest BCUT2D eigenvalue weighted by atomic mass is 10.1. The predicted molar refractivity (Wildman–Crippen MR) is 85.7 cm³/mol. The van der Waals surface area contributed by atoms with Crippen molar-refractivity contribution < 1.29 is 9.53 Å². The second kappa shape index (κ2) is 6.90. The van der Waals surface area contributed by atoms with E-state index in [-0.39, 0.29) is 6.03 Å². The zero-order valence-corrected chi connectivity index (χ0v) is 12.8. The number of rotatable bonds is 5. The maximum absolute atomic E-state index is 11.5. The van der Waals surface area contributed by atoms with E-state index in [1.165, 1.54) is 16.4 Å². The van der Waals surface area contributed by atoms with Gasteiger partial charge in [-0.3, -0.25) is 5.32 Å². The van der Waals surface area contributed by atoms with Crippen molar-refractivity contribution in [1.29, 1.82) is 0 Å². The lowest BCUT2D eigenvalue weighted by Gasteiger charge is -2.09. The van der Waals surface area contributed by atoms with Crippen molar-refractivity contribution in [3.05, 3.63) is 48.0 Å². The van der Waals surface area contributed by atoms with E-state index in [1.807, 2.05) is 24.3 Å². The largest absolute Gasteiger partial charge is 0.472 e. The third-order valence-electron chi connectivity index (χ3n) is 2.73. The number of ether oxygens (including phenoxy) is 1. The first-order valence-electron chi connectivity index (χ1n) is 6.37. The molecule has 0 bridgehead atoms. The quantitative estimate of drug-likeness (QED) is 0.920. The van der Waals surface area contributed by atoms with E-state index >= 15 is 0 Å². The van der Waals surface area contributed by atoms with Gasteiger partial charge in [0.25, 0.3) is 0 Å². The molecule has 0 saturated carbocycles. The molecule has 1 aromatic heterocycles. The Morgan fingerprint density at radius 3 is 2.76 bits per heavy atom. The van der Waals surface area contributed by atoms with Gasteiger partial charge < -0.3 is 9.64 Å². The van der Waals surface area contributed by atoms with E-state index in [4.69, 9.17) is 4.74 Å². The molecule has 2 amide bonds. The van der Waals surface area contributed by atoms with Crippen molar-refractivity contribution in [3.8, 4) is 5.88 Å². The average Bonchev–Trinajstić information content (AvgIpc) is 2.93. The van der Waals surface area contributed by atoms with Crippen LogP contribution in [0, 0.1) is 0 Å². The molecule has 0 unspecified atom stereocenters. The van der Waals surface area contributed by atoms with Crippen LogP contribution in [0.3, 0.4) is 0 Å². The zero-order chi connectivity index (χ0) is 15.2. The highest BCUT2D eigenvalue weighted by Crippen LogP contribution is 2.22. The van der Waals surface area contributed by atoms with Crippen LogP contribution in [-0.4, -0.2) is 29.4 Å². The summed E-state index contributed by atoms with van der Waals surface area (Å²) in [5.41, 5.74) is 2.12. The van der Waals surface area contributed by atoms with Crippen LogP contribution in [-0.2, 0) is 6.61 Å². The monoisotopic (exact) mass is 303 g/mol. The lowest BCUT2D eigenvalue weighted by molar-refractivity contribution is 0.231. The predicted octanol–water partition coefficient (Wildman–Crippen LogP) is 3.46. The van der Waals surface area contributed by atoms with Gasteiger partial charge in [-0.05, 0) is 22.7 Å². The molecule has 5 nitrogen and oxygen atoms in total. The van der Waals surface area contributed by atoms with E-state index in [2.05, 4.69) is 16.3 Å². The van der Waals surface area contributed by atoms with E-state index in [9.17, 15) is 4.79 Å². The first-order chi connectivity index (χ1) is 10.1. The van der Waals surface area contributed by atoms with E-state index in [1.54, 1.807) is 26.2 Å². The van der Waals surface area contributed by atoms with Crippen molar-refractivity contribution >= 4 is 28.6 Å². The number of amides is 2. The molecule has 6 heteroatoms. The zero-order valence-electron chi connectivity index (χ0n) is 12.0. The van der Waals surface area contributed by atoms with Crippen LogP contribution in [0.15, 0.2) is 36.9 Å². The summed E-state index contributed by atoms with van der Waals surface area (Å²) < 4.78 is 9.74. The first kappa shape index (κ1) is 15.1. The topological polar surface area (TPSA) is 54.5 Å². The number of hydrogen-bond donors (Lipinski definition) is 1. The number of nitrogens with one attached hydrogen (secondary N) is 1. The number of benzene rings is 1. The van der Waals surface area contributed by atoms with Crippen molar-refractivity contribution in [2.24, 2.45) is 0 Å². The summed E-state index contributed by atoms with van der Waals surface area (Å²) in [6, 6.07) is 9.45. The van der Waals surface area contributed by atoms with Gasteiger partial charge in [0, 0.05) is 20.2 Å². The molecule has 1 aromatic carbocycles. The lowest BCUT2D eigenvalue weighted by Crippen LogP contribution is -2.26. The fourth-order valence-corrected chi connectivity index (χ4v) is 2.09. The fraction of sp³-hybridized carbons (Fsp3) is 0.200. The number of carbonyl (C=O) groups excluding carboxylic acids is 1. The van der Waals surface area contributed by atoms with Gasteiger partial charge in [-0.25, -0.2) is 4.79 Å². The Balaban J connectivity index is 1.90. The molecular formula is C15H17N3O2S. The highest BCUT2D eigenvalue weighted by atomic mass is 32.1. The molecule has 21 heavy (non-hydrogen) atoms.